The van der Waals surface area contributed by atoms with Gasteiger partial charge in [0, 0.05) is 23.9 Å². The predicted molar refractivity (Wildman–Crippen MR) is 149 cm³/mol. The molecule has 1 aromatic carbocycles. The lowest BCUT2D eigenvalue weighted by Crippen LogP contribution is -2.52. The van der Waals surface area contributed by atoms with Gasteiger partial charge in [0.25, 0.3) is 5.91 Å². The lowest BCUT2D eigenvalue weighted by molar-refractivity contribution is -0.129. The van der Waals surface area contributed by atoms with E-state index in [0.717, 1.165) is 10.8 Å². The number of carbonyl (C=O) groups is 3. The van der Waals surface area contributed by atoms with Crippen LogP contribution in [0.1, 0.15) is 52.9 Å². The molecule has 1 heterocycles. The van der Waals surface area contributed by atoms with E-state index in [9.17, 15) is 22.8 Å². The largest absolute Gasteiger partial charge is 0.472 e. The first-order valence-electron chi connectivity index (χ1n) is 13.3. The Morgan fingerprint density at radius 1 is 1.20 bits per heavy atom. The van der Waals surface area contributed by atoms with Crippen molar-refractivity contribution in [3.05, 3.63) is 49.2 Å². The molecule has 2 fully saturated rings. The van der Waals surface area contributed by atoms with Gasteiger partial charge in [-0.2, -0.15) is 0 Å². The number of rotatable bonds is 12. The van der Waals surface area contributed by atoms with Crippen molar-refractivity contribution in [2.24, 2.45) is 5.92 Å². The molecule has 40 heavy (non-hydrogen) atoms. The number of carbonyl (C=O) groups excluding carboxylic acids is 3. The minimum Gasteiger partial charge on any atom is -0.472 e. The molecule has 3 amide bonds. The highest BCUT2D eigenvalue weighted by Gasteiger charge is 2.60. The predicted octanol–water partition coefficient (Wildman–Crippen LogP) is 2.96. The zero-order valence-electron chi connectivity index (χ0n) is 22.9. The number of nitrogens with one attached hydrogen (secondary N) is 3. The maximum Gasteiger partial charge on any atom is 0.407 e. The van der Waals surface area contributed by atoms with Crippen LogP contribution in [0.25, 0.3) is 10.8 Å². The monoisotopic (exact) mass is 572 g/mol. The summed E-state index contributed by atoms with van der Waals surface area (Å²) in [4.78, 5) is 42.6. The van der Waals surface area contributed by atoms with Crippen molar-refractivity contribution in [2.75, 3.05) is 6.54 Å². The van der Waals surface area contributed by atoms with E-state index in [0.29, 0.717) is 18.7 Å². The molecule has 0 bridgehead atoms. The zero-order chi connectivity index (χ0) is 29.1. The van der Waals surface area contributed by atoms with Gasteiger partial charge in [-0.05, 0) is 64.0 Å². The third kappa shape index (κ3) is 7.29. The fraction of sp³-hybridized carbons (Fsp3) is 0.500. The number of ether oxygens (including phenoxy) is 2. The summed E-state index contributed by atoms with van der Waals surface area (Å²) in [6.45, 7) is 8.99. The first-order valence-corrected chi connectivity index (χ1v) is 14.8. The van der Waals surface area contributed by atoms with E-state index < -0.39 is 50.4 Å². The van der Waals surface area contributed by atoms with E-state index >= 15 is 0 Å². The minimum absolute atomic E-state index is 0.0354. The summed E-state index contributed by atoms with van der Waals surface area (Å²) in [6.07, 6.45) is 3.25. The Balaban J connectivity index is 1.43. The molecular weight excluding hydrogens is 536 g/mol. The van der Waals surface area contributed by atoms with E-state index in [4.69, 9.17) is 9.47 Å². The number of alkyl carbamates (subject to hydrolysis) is 1. The summed E-state index contributed by atoms with van der Waals surface area (Å²) in [5.41, 5.74) is -2.05. The average Bonchev–Trinajstić information content (AvgIpc) is 3.80. The zero-order valence-corrected chi connectivity index (χ0v) is 23.8. The van der Waals surface area contributed by atoms with Crippen LogP contribution in [0.4, 0.5) is 4.79 Å². The second-order valence-electron chi connectivity index (χ2n) is 11.2. The number of pyridine rings is 1. The summed E-state index contributed by atoms with van der Waals surface area (Å²) in [6, 6.07) is 9.39. The fourth-order valence-corrected chi connectivity index (χ4v) is 5.74. The Labute approximate surface area is 234 Å². The summed E-state index contributed by atoms with van der Waals surface area (Å²) in [5.74, 6) is -1.24. The number of aromatic nitrogens is 1. The van der Waals surface area contributed by atoms with Crippen molar-refractivity contribution in [3.8, 4) is 5.88 Å². The SMILES string of the molecule is C=C[C@@H]1C[C@]1(NC(=O)CC[C@H](CNC(=O)OC(C)(C)C)Oc1nccc2ccccc12)C(=O)NS(=O)(=O)C1CC1. The average molecular weight is 573 g/mol. The quantitative estimate of drug-likeness (QED) is 0.328. The molecule has 2 saturated carbocycles. The highest BCUT2D eigenvalue weighted by molar-refractivity contribution is 7.91. The number of amides is 3. The molecule has 2 aromatic rings. The summed E-state index contributed by atoms with van der Waals surface area (Å²) in [5, 5.41) is 6.53. The number of hydrogen-bond donors (Lipinski definition) is 3. The Hall–Kier alpha value is -3.67. The van der Waals surface area contributed by atoms with Crippen LogP contribution in [-0.4, -0.2) is 60.3 Å². The van der Waals surface area contributed by atoms with Crippen molar-refractivity contribution in [1.29, 1.82) is 0 Å². The highest BCUT2D eigenvalue weighted by Crippen LogP contribution is 2.45. The number of benzene rings is 1. The number of hydrogen-bond acceptors (Lipinski definition) is 8. The number of nitrogens with zero attached hydrogens (tertiary/aromatic N) is 1. The molecule has 216 valence electrons. The Kier molecular flexibility index (Phi) is 8.38. The van der Waals surface area contributed by atoms with E-state index in [1.165, 1.54) is 6.08 Å². The third-order valence-electron chi connectivity index (χ3n) is 6.75. The van der Waals surface area contributed by atoms with Gasteiger partial charge in [-0.3, -0.25) is 14.3 Å². The van der Waals surface area contributed by atoms with Gasteiger partial charge in [0.15, 0.2) is 0 Å². The summed E-state index contributed by atoms with van der Waals surface area (Å²) < 4.78 is 38.2. The molecule has 0 spiro atoms. The van der Waals surface area contributed by atoms with Crippen LogP contribution in [0.5, 0.6) is 5.88 Å². The molecule has 11 nitrogen and oxygen atoms in total. The van der Waals surface area contributed by atoms with Crippen LogP contribution in [0.3, 0.4) is 0 Å². The molecule has 4 rings (SSSR count). The molecule has 0 radical (unpaired) electrons. The molecule has 2 aliphatic rings. The van der Waals surface area contributed by atoms with Gasteiger partial charge in [-0.1, -0.05) is 24.3 Å². The molecule has 1 aromatic heterocycles. The molecule has 3 N–H and O–H groups in total. The van der Waals surface area contributed by atoms with Crippen LogP contribution >= 0.6 is 0 Å². The maximum atomic E-state index is 13.0. The van der Waals surface area contributed by atoms with Crippen molar-refractivity contribution in [1.82, 2.24) is 20.3 Å². The number of sulfonamides is 1. The topological polar surface area (TPSA) is 153 Å². The molecule has 0 saturated heterocycles. The Morgan fingerprint density at radius 3 is 2.58 bits per heavy atom. The molecular formula is C28H36N4O7S. The second-order valence-corrected chi connectivity index (χ2v) is 13.2. The molecule has 0 unspecified atom stereocenters. The lowest BCUT2D eigenvalue weighted by atomic mass is 10.1. The molecule has 0 aliphatic heterocycles. The minimum atomic E-state index is -3.77. The van der Waals surface area contributed by atoms with Gasteiger partial charge in [-0.25, -0.2) is 18.2 Å². The first-order chi connectivity index (χ1) is 18.8. The Morgan fingerprint density at radius 2 is 1.93 bits per heavy atom. The smallest absolute Gasteiger partial charge is 0.407 e. The molecule has 2 aliphatic carbocycles. The Bertz CT molecular complexity index is 1400. The van der Waals surface area contributed by atoms with Gasteiger partial charge >= 0.3 is 6.09 Å². The second kappa shape index (κ2) is 11.4. The third-order valence-corrected chi connectivity index (χ3v) is 8.57. The van der Waals surface area contributed by atoms with Crippen molar-refractivity contribution in [2.45, 2.75) is 75.4 Å². The van der Waals surface area contributed by atoms with Gasteiger partial charge in [0.05, 0.1) is 11.8 Å². The number of fused-ring (bicyclic) bond motifs is 1. The maximum absolute atomic E-state index is 13.0. The van der Waals surface area contributed by atoms with E-state index in [1.807, 2.05) is 30.3 Å². The van der Waals surface area contributed by atoms with Crippen LogP contribution < -0.4 is 20.1 Å². The molecule has 12 heteroatoms. The van der Waals surface area contributed by atoms with Crippen LogP contribution in [-0.2, 0) is 24.3 Å². The van der Waals surface area contributed by atoms with Crippen LogP contribution in [0, 0.1) is 5.92 Å². The van der Waals surface area contributed by atoms with E-state index in [-0.39, 0.29) is 31.7 Å². The first kappa shape index (κ1) is 29.3. The van der Waals surface area contributed by atoms with Gasteiger partial charge in [-0.15, -0.1) is 6.58 Å². The van der Waals surface area contributed by atoms with Crippen molar-refractivity contribution >= 4 is 38.7 Å². The summed E-state index contributed by atoms with van der Waals surface area (Å²) in [7, 11) is -3.77. The lowest BCUT2D eigenvalue weighted by Gasteiger charge is -2.23. The molecule has 3 atom stereocenters. The van der Waals surface area contributed by atoms with Crippen LogP contribution in [0.2, 0.25) is 0 Å². The van der Waals surface area contributed by atoms with Crippen LogP contribution in [0.15, 0.2) is 49.2 Å². The van der Waals surface area contributed by atoms with E-state index in [1.54, 1.807) is 27.0 Å². The standard InChI is InChI=1S/C28H36N4O7S/c1-5-19-16-28(19,25(34)32-40(36,37)21-11-12-21)31-23(33)13-10-20(17-30-26(35)39-27(2,3)4)38-24-22-9-7-6-8-18(22)14-15-29-24/h5-9,14-15,19-21H,1,10-13,16-17H2,2-4H3,(H,30,35)(H,31,33)(H,32,34)/t19-,20-,28-/m1/s1. The van der Waals surface area contributed by atoms with Gasteiger partial charge in [0.2, 0.25) is 21.8 Å². The van der Waals surface area contributed by atoms with Crippen molar-refractivity contribution in [3.63, 3.8) is 0 Å². The van der Waals surface area contributed by atoms with Gasteiger partial charge in [0.1, 0.15) is 17.2 Å². The van der Waals surface area contributed by atoms with E-state index in [2.05, 4.69) is 26.9 Å². The fourth-order valence-electron chi connectivity index (χ4n) is 4.38. The summed E-state index contributed by atoms with van der Waals surface area (Å²) >= 11 is 0. The van der Waals surface area contributed by atoms with Gasteiger partial charge < -0.3 is 20.1 Å². The normalized spacial score (nSPS) is 21.1. The highest BCUT2D eigenvalue weighted by atomic mass is 32.2. The van der Waals surface area contributed by atoms with Crippen molar-refractivity contribution < 1.29 is 32.3 Å².